The second-order valence-electron chi connectivity index (χ2n) is 5.69. The van der Waals surface area contributed by atoms with Gasteiger partial charge in [0, 0.05) is 33.1 Å². The molecule has 0 saturated heterocycles. The molecule has 0 spiro atoms. The van der Waals surface area contributed by atoms with E-state index in [1.54, 1.807) is 6.92 Å². The van der Waals surface area contributed by atoms with Gasteiger partial charge in [-0.25, -0.2) is 0 Å². The van der Waals surface area contributed by atoms with Crippen LogP contribution in [-0.4, -0.2) is 30.4 Å². The number of nitrogens with one attached hydrogen (secondary N) is 1. The molecule has 0 atom stereocenters. The quantitative estimate of drug-likeness (QED) is 0.901. The zero-order valence-corrected chi connectivity index (χ0v) is 12.2. The van der Waals surface area contributed by atoms with Gasteiger partial charge in [-0.1, -0.05) is 32.0 Å². The molecule has 1 aromatic carbocycles. The minimum atomic E-state index is 0.0546. The van der Waals surface area contributed by atoms with Gasteiger partial charge in [-0.2, -0.15) is 0 Å². The van der Waals surface area contributed by atoms with Crippen molar-refractivity contribution in [3.8, 4) is 0 Å². The van der Waals surface area contributed by atoms with Crippen molar-refractivity contribution in [1.82, 2.24) is 10.2 Å². The summed E-state index contributed by atoms with van der Waals surface area (Å²) in [5.41, 5.74) is 4.38. The third-order valence-corrected chi connectivity index (χ3v) is 3.79. The van der Waals surface area contributed by atoms with Gasteiger partial charge in [0.1, 0.15) is 0 Å². The molecule has 0 fully saturated rings. The first kappa shape index (κ1) is 14.1. The summed E-state index contributed by atoms with van der Waals surface area (Å²) in [7, 11) is 0. The SMILES string of the molecule is CC(=O)NCCN1CCc2cc(C(C)C)ccc2C1. The first-order valence-corrected chi connectivity index (χ1v) is 7.14. The second-order valence-corrected chi connectivity index (χ2v) is 5.69. The van der Waals surface area contributed by atoms with Crippen LogP contribution in [0.3, 0.4) is 0 Å². The number of carbonyl (C=O) groups is 1. The highest BCUT2D eigenvalue weighted by Crippen LogP contribution is 2.23. The van der Waals surface area contributed by atoms with Crippen LogP contribution in [0, 0.1) is 0 Å². The largest absolute Gasteiger partial charge is 0.355 e. The maximum atomic E-state index is 10.9. The van der Waals surface area contributed by atoms with E-state index in [1.807, 2.05) is 0 Å². The molecule has 0 unspecified atom stereocenters. The van der Waals surface area contributed by atoms with Crippen molar-refractivity contribution in [2.75, 3.05) is 19.6 Å². The van der Waals surface area contributed by atoms with Crippen LogP contribution in [0.1, 0.15) is 43.4 Å². The van der Waals surface area contributed by atoms with Crippen molar-refractivity contribution in [1.29, 1.82) is 0 Å². The highest BCUT2D eigenvalue weighted by atomic mass is 16.1. The van der Waals surface area contributed by atoms with E-state index in [4.69, 9.17) is 0 Å². The fourth-order valence-corrected chi connectivity index (χ4v) is 2.57. The minimum Gasteiger partial charge on any atom is -0.355 e. The number of carbonyl (C=O) groups excluding carboxylic acids is 1. The van der Waals surface area contributed by atoms with E-state index in [2.05, 4.69) is 42.3 Å². The molecule has 3 heteroatoms. The van der Waals surface area contributed by atoms with Crippen molar-refractivity contribution in [3.05, 3.63) is 34.9 Å². The van der Waals surface area contributed by atoms with Gasteiger partial charge in [0.05, 0.1) is 0 Å². The number of hydrogen-bond donors (Lipinski definition) is 1. The smallest absolute Gasteiger partial charge is 0.216 e. The lowest BCUT2D eigenvalue weighted by atomic mass is 9.93. The molecule has 0 bridgehead atoms. The summed E-state index contributed by atoms with van der Waals surface area (Å²) in [6.45, 7) is 9.83. The van der Waals surface area contributed by atoms with Gasteiger partial charge >= 0.3 is 0 Å². The van der Waals surface area contributed by atoms with Crippen LogP contribution in [0.5, 0.6) is 0 Å². The summed E-state index contributed by atoms with van der Waals surface area (Å²) in [6.07, 6.45) is 1.12. The Hall–Kier alpha value is -1.35. The van der Waals surface area contributed by atoms with E-state index >= 15 is 0 Å². The maximum absolute atomic E-state index is 10.9. The third kappa shape index (κ3) is 3.80. The summed E-state index contributed by atoms with van der Waals surface area (Å²) in [4.78, 5) is 13.3. The van der Waals surface area contributed by atoms with E-state index in [1.165, 1.54) is 16.7 Å². The Bertz CT molecular complexity index is 454. The zero-order valence-electron chi connectivity index (χ0n) is 12.2. The summed E-state index contributed by atoms with van der Waals surface area (Å²) >= 11 is 0. The van der Waals surface area contributed by atoms with Gasteiger partial charge in [-0.05, 0) is 29.0 Å². The molecule has 0 aliphatic carbocycles. The standard InChI is InChI=1S/C16H24N2O/c1-12(2)14-4-5-16-11-18(8-6-15(16)10-14)9-7-17-13(3)19/h4-5,10,12H,6-9,11H2,1-3H3,(H,17,19). The molecular weight excluding hydrogens is 236 g/mol. The van der Waals surface area contributed by atoms with Crippen LogP contribution in [0.2, 0.25) is 0 Å². The Balaban J connectivity index is 1.94. The maximum Gasteiger partial charge on any atom is 0.216 e. The Morgan fingerprint density at radius 1 is 1.37 bits per heavy atom. The second kappa shape index (κ2) is 6.20. The molecule has 19 heavy (non-hydrogen) atoms. The predicted molar refractivity (Wildman–Crippen MR) is 78.2 cm³/mol. The van der Waals surface area contributed by atoms with Gasteiger partial charge < -0.3 is 5.32 Å². The summed E-state index contributed by atoms with van der Waals surface area (Å²) in [5.74, 6) is 0.655. The van der Waals surface area contributed by atoms with Crippen molar-refractivity contribution in [2.45, 2.75) is 39.7 Å². The molecule has 1 aliphatic heterocycles. The summed E-state index contributed by atoms with van der Waals surface area (Å²) < 4.78 is 0. The third-order valence-electron chi connectivity index (χ3n) is 3.79. The summed E-state index contributed by atoms with van der Waals surface area (Å²) in [5, 5.41) is 2.86. The average Bonchev–Trinajstić information content (AvgIpc) is 2.37. The molecule has 104 valence electrons. The number of fused-ring (bicyclic) bond motifs is 1. The Morgan fingerprint density at radius 2 is 2.16 bits per heavy atom. The molecule has 2 rings (SSSR count). The monoisotopic (exact) mass is 260 g/mol. The number of amides is 1. The molecular formula is C16H24N2O. The molecule has 1 aliphatic rings. The fourth-order valence-electron chi connectivity index (χ4n) is 2.57. The van der Waals surface area contributed by atoms with Crippen molar-refractivity contribution in [3.63, 3.8) is 0 Å². The molecule has 1 aromatic rings. The summed E-state index contributed by atoms with van der Waals surface area (Å²) in [6, 6.07) is 6.89. The van der Waals surface area contributed by atoms with Gasteiger partial charge in [-0.3, -0.25) is 9.69 Å². The number of nitrogens with zero attached hydrogens (tertiary/aromatic N) is 1. The average molecular weight is 260 g/mol. The van der Waals surface area contributed by atoms with E-state index in [0.29, 0.717) is 5.92 Å². The Kier molecular flexibility index (Phi) is 4.59. The van der Waals surface area contributed by atoms with Crippen LogP contribution in [0.4, 0.5) is 0 Å². The van der Waals surface area contributed by atoms with Crippen LogP contribution >= 0.6 is 0 Å². The lowest BCUT2D eigenvalue weighted by molar-refractivity contribution is -0.119. The molecule has 0 saturated carbocycles. The Morgan fingerprint density at radius 3 is 2.84 bits per heavy atom. The number of hydrogen-bond acceptors (Lipinski definition) is 2. The zero-order chi connectivity index (χ0) is 13.8. The topological polar surface area (TPSA) is 32.3 Å². The lowest BCUT2D eigenvalue weighted by Gasteiger charge is -2.29. The van der Waals surface area contributed by atoms with Gasteiger partial charge in [0.25, 0.3) is 0 Å². The molecule has 1 N–H and O–H groups in total. The van der Waals surface area contributed by atoms with Crippen LogP contribution in [-0.2, 0) is 17.8 Å². The van der Waals surface area contributed by atoms with E-state index in [-0.39, 0.29) is 5.91 Å². The van der Waals surface area contributed by atoms with Gasteiger partial charge in [-0.15, -0.1) is 0 Å². The van der Waals surface area contributed by atoms with E-state index in [9.17, 15) is 4.79 Å². The molecule has 3 nitrogen and oxygen atoms in total. The van der Waals surface area contributed by atoms with Gasteiger partial charge in [0.15, 0.2) is 0 Å². The predicted octanol–water partition coefficient (Wildman–Crippen LogP) is 2.30. The van der Waals surface area contributed by atoms with Crippen molar-refractivity contribution in [2.24, 2.45) is 0 Å². The highest BCUT2D eigenvalue weighted by molar-refractivity contribution is 5.72. The number of benzene rings is 1. The minimum absolute atomic E-state index is 0.0546. The van der Waals surface area contributed by atoms with Crippen molar-refractivity contribution < 1.29 is 4.79 Å². The van der Waals surface area contributed by atoms with Crippen LogP contribution < -0.4 is 5.32 Å². The van der Waals surface area contributed by atoms with Crippen LogP contribution in [0.15, 0.2) is 18.2 Å². The molecule has 0 aromatic heterocycles. The lowest BCUT2D eigenvalue weighted by Crippen LogP contribution is -2.37. The van der Waals surface area contributed by atoms with E-state index in [0.717, 1.165) is 32.6 Å². The first-order chi connectivity index (χ1) is 9.06. The Labute approximate surface area is 116 Å². The molecule has 1 heterocycles. The number of rotatable bonds is 4. The molecule has 0 radical (unpaired) electrons. The highest BCUT2D eigenvalue weighted by Gasteiger charge is 2.16. The normalized spacial score (nSPS) is 15.4. The molecule has 1 amide bonds. The van der Waals surface area contributed by atoms with E-state index < -0.39 is 0 Å². The van der Waals surface area contributed by atoms with Crippen molar-refractivity contribution >= 4 is 5.91 Å². The first-order valence-electron chi connectivity index (χ1n) is 7.14. The van der Waals surface area contributed by atoms with Crippen LogP contribution in [0.25, 0.3) is 0 Å². The fraction of sp³-hybridized carbons (Fsp3) is 0.562. The van der Waals surface area contributed by atoms with Gasteiger partial charge in [0.2, 0.25) is 5.91 Å².